The Balaban J connectivity index is 1.18. The predicted octanol–water partition coefficient (Wildman–Crippen LogP) is -1.10. The summed E-state index contributed by atoms with van der Waals surface area (Å²) in [7, 11) is -2.00. The van der Waals surface area contributed by atoms with Gasteiger partial charge in [0.25, 0.3) is 5.56 Å². The Morgan fingerprint density at radius 3 is 2.68 bits per heavy atom. The van der Waals surface area contributed by atoms with Gasteiger partial charge in [0.15, 0.2) is 6.23 Å². The Hall–Kier alpha value is -3.59. The lowest BCUT2D eigenvalue weighted by molar-refractivity contribution is -0.180. The maximum absolute atomic E-state index is 12.7. The average Bonchev–Trinajstić information content (AvgIpc) is 3.78. The van der Waals surface area contributed by atoms with E-state index in [2.05, 4.69) is 24.8 Å². The van der Waals surface area contributed by atoms with Gasteiger partial charge < -0.3 is 34.3 Å². The van der Waals surface area contributed by atoms with Crippen molar-refractivity contribution in [1.82, 2.24) is 34.1 Å². The number of nitrogens with one attached hydrogen (secondary N) is 1. The molecule has 3 fully saturated rings. The molecule has 0 spiro atoms. The molecule has 3 aromatic heterocycles. The minimum atomic E-state index is -4.54. The highest BCUT2D eigenvalue weighted by molar-refractivity contribution is 7.47. The summed E-state index contributed by atoms with van der Waals surface area (Å²) >= 11 is 0. The van der Waals surface area contributed by atoms with Gasteiger partial charge >= 0.3 is 19.2 Å². The Morgan fingerprint density at radius 2 is 1.94 bits per heavy atom. The zero-order valence-electron chi connectivity index (χ0n) is 25.9. The van der Waals surface area contributed by atoms with Crippen molar-refractivity contribution in [3.63, 3.8) is 0 Å². The number of nitrogens with two attached hydrogens (primary N) is 1. The molecule has 0 saturated carbocycles. The van der Waals surface area contributed by atoms with E-state index in [1.807, 2.05) is 0 Å². The lowest BCUT2D eigenvalue weighted by Gasteiger charge is -2.31. The van der Waals surface area contributed by atoms with Crippen molar-refractivity contribution < 1.29 is 42.2 Å². The number of aryl methyl sites for hydroxylation is 2. The van der Waals surface area contributed by atoms with Gasteiger partial charge in [-0.2, -0.15) is 4.98 Å². The summed E-state index contributed by atoms with van der Waals surface area (Å²) in [5, 5.41) is 8.36. The van der Waals surface area contributed by atoms with Crippen LogP contribution in [0.25, 0.3) is 0 Å². The molecule has 8 atom stereocenters. The summed E-state index contributed by atoms with van der Waals surface area (Å²) in [5.41, 5.74) is 3.80. The number of H-pyrrole nitrogens is 1. The Morgan fingerprint density at radius 1 is 1.17 bits per heavy atom. The third kappa shape index (κ3) is 6.48. The second kappa shape index (κ2) is 12.8. The van der Waals surface area contributed by atoms with Crippen molar-refractivity contribution in [2.75, 3.05) is 33.2 Å². The van der Waals surface area contributed by atoms with Crippen molar-refractivity contribution in [1.29, 1.82) is 0 Å². The minimum Gasteiger partial charge on any atom is -0.383 e. The Labute approximate surface area is 265 Å². The minimum absolute atomic E-state index is 0.0198. The largest absolute Gasteiger partial charge is 0.472 e. The van der Waals surface area contributed by atoms with Crippen LogP contribution in [0, 0.1) is 13.8 Å². The van der Waals surface area contributed by atoms with Gasteiger partial charge in [-0.05, 0) is 13.8 Å². The summed E-state index contributed by atoms with van der Waals surface area (Å²) in [5.74, 6) is 0.147. The van der Waals surface area contributed by atoms with Crippen LogP contribution in [0.15, 0.2) is 33.0 Å². The molecule has 20 nitrogen and oxygen atoms in total. The topological polar surface area (TPSA) is 248 Å². The van der Waals surface area contributed by atoms with E-state index < -0.39 is 67.2 Å². The fourth-order valence-electron chi connectivity index (χ4n) is 5.95. The number of rotatable bonds is 12. The lowest BCUT2D eigenvalue weighted by atomic mass is 9.99. The predicted molar refractivity (Wildman–Crippen MR) is 157 cm³/mol. The van der Waals surface area contributed by atoms with Crippen molar-refractivity contribution in [3.05, 3.63) is 66.7 Å². The van der Waals surface area contributed by atoms with Crippen LogP contribution < -0.4 is 22.7 Å². The molecule has 0 amide bonds. The van der Waals surface area contributed by atoms with Crippen LogP contribution in [0.3, 0.4) is 0 Å². The fourth-order valence-corrected chi connectivity index (χ4v) is 6.63. The maximum Gasteiger partial charge on any atom is 0.472 e. The molecule has 21 heteroatoms. The van der Waals surface area contributed by atoms with Gasteiger partial charge in [0.2, 0.25) is 0 Å². The number of methoxy groups -OCH3 is 1. The molecule has 3 unspecified atom stereocenters. The normalized spacial score (nSPS) is 29.8. The van der Waals surface area contributed by atoms with Gasteiger partial charge in [-0.1, -0.05) is 5.21 Å². The Kier molecular flexibility index (Phi) is 9.07. The molecule has 0 aliphatic carbocycles. The van der Waals surface area contributed by atoms with Crippen LogP contribution >= 0.6 is 7.82 Å². The van der Waals surface area contributed by atoms with E-state index in [4.69, 9.17) is 33.9 Å². The zero-order valence-corrected chi connectivity index (χ0v) is 26.8. The zero-order chi connectivity index (χ0) is 33.7. The summed E-state index contributed by atoms with van der Waals surface area (Å²) in [4.78, 5) is 53.4. The van der Waals surface area contributed by atoms with Gasteiger partial charge in [-0.3, -0.25) is 28.0 Å². The van der Waals surface area contributed by atoms with Crippen molar-refractivity contribution in [2.45, 2.75) is 75.9 Å². The van der Waals surface area contributed by atoms with Crippen LogP contribution in [0.2, 0.25) is 0 Å². The van der Waals surface area contributed by atoms with Gasteiger partial charge in [-0.25, -0.2) is 18.8 Å². The van der Waals surface area contributed by atoms with E-state index in [0.29, 0.717) is 17.7 Å². The number of aromatic nitrogens is 7. The molecule has 3 saturated heterocycles. The van der Waals surface area contributed by atoms with Crippen LogP contribution in [-0.2, 0) is 50.4 Å². The second-order valence-electron chi connectivity index (χ2n) is 11.6. The monoisotopic (exact) mass is 682 g/mol. The standard InChI is InChI=1S/C26H35N8O12P/c1-13-6-33(24(36)28-21(13)27)18-5-16(17(44-18)10-40-3)42-9-15-8-32(31-30-15)11-26-12-43-19(20(26)46-47(38,39)41-4)23(45-26)34-7-14(2)22(35)29-25(34)37/h6-8,16-20,23H,5,9-12H2,1-4H3,(H,38,39)(H2,27,28,36)(H,29,35,37)/t16?,17-,18-,19+,20?,23-,26+/m1/s1. The Bertz CT molecular complexity index is 1860. The number of phosphoric ester groups is 1. The van der Waals surface area contributed by atoms with E-state index in [1.54, 1.807) is 19.3 Å². The van der Waals surface area contributed by atoms with Crippen molar-refractivity contribution in [3.8, 4) is 0 Å². The van der Waals surface area contributed by atoms with Gasteiger partial charge in [0.05, 0.1) is 38.7 Å². The van der Waals surface area contributed by atoms with Crippen LogP contribution in [0.4, 0.5) is 5.82 Å². The third-order valence-corrected chi connectivity index (χ3v) is 9.28. The van der Waals surface area contributed by atoms with E-state index in [9.17, 15) is 23.8 Å². The first-order valence-corrected chi connectivity index (χ1v) is 16.0. The number of hydrogen-bond donors (Lipinski definition) is 3. The fraction of sp³-hybridized carbons (Fsp3) is 0.615. The number of phosphoric acid groups is 1. The quantitative estimate of drug-likeness (QED) is 0.192. The molecule has 6 rings (SSSR count). The molecule has 6 heterocycles. The van der Waals surface area contributed by atoms with Crippen molar-refractivity contribution >= 4 is 13.6 Å². The molecule has 2 bridgehead atoms. The number of aromatic amines is 1. The first-order valence-electron chi connectivity index (χ1n) is 14.5. The van der Waals surface area contributed by atoms with Crippen LogP contribution in [0.5, 0.6) is 0 Å². The first-order chi connectivity index (χ1) is 22.3. The first kappa shape index (κ1) is 33.3. The highest BCUT2D eigenvalue weighted by Crippen LogP contribution is 2.54. The highest BCUT2D eigenvalue weighted by Gasteiger charge is 2.65. The lowest BCUT2D eigenvalue weighted by Crippen LogP contribution is -2.46. The molecule has 3 aliphatic rings. The van der Waals surface area contributed by atoms with E-state index >= 15 is 0 Å². The van der Waals surface area contributed by atoms with Crippen LogP contribution in [0.1, 0.15) is 35.7 Å². The highest BCUT2D eigenvalue weighted by atomic mass is 31.2. The maximum atomic E-state index is 12.7. The molecule has 3 aliphatic heterocycles. The number of nitrogen functional groups attached to an aromatic ring is 1. The van der Waals surface area contributed by atoms with Gasteiger partial charge in [-0.15, -0.1) is 5.10 Å². The van der Waals surface area contributed by atoms with E-state index in [-0.39, 0.29) is 37.7 Å². The summed E-state index contributed by atoms with van der Waals surface area (Å²) in [6, 6.07) is 0. The van der Waals surface area contributed by atoms with E-state index in [0.717, 1.165) is 11.7 Å². The molecule has 47 heavy (non-hydrogen) atoms. The molecule has 256 valence electrons. The molecule has 0 aromatic carbocycles. The number of nitrogens with zero attached hydrogens (tertiary/aromatic N) is 6. The third-order valence-electron chi connectivity index (χ3n) is 8.33. The molecule has 4 N–H and O–H groups in total. The van der Waals surface area contributed by atoms with Gasteiger partial charge in [0.1, 0.15) is 41.7 Å². The molecule has 0 radical (unpaired) electrons. The number of anilines is 1. The number of fused-ring (bicyclic) bond motifs is 2. The number of ether oxygens (including phenoxy) is 5. The molecular weight excluding hydrogens is 647 g/mol. The van der Waals surface area contributed by atoms with E-state index in [1.165, 1.54) is 29.5 Å². The van der Waals surface area contributed by atoms with Crippen LogP contribution in [-0.4, -0.2) is 96.4 Å². The summed E-state index contributed by atoms with van der Waals surface area (Å²) < 4.78 is 56.3. The number of hydrogen-bond acceptors (Lipinski definition) is 15. The molecule has 3 aromatic rings. The summed E-state index contributed by atoms with van der Waals surface area (Å²) in [6.07, 6.45) is -0.0883. The molecular formula is C26H35N8O12P. The van der Waals surface area contributed by atoms with Crippen molar-refractivity contribution in [2.24, 2.45) is 0 Å². The van der Waals surface area contributed by atoms with Gasteiger partial charge in [0, 0.05) is 44.2 Å². The second-order valence-corrected chi connectivity index (χ2v) is 13.1. The smallest absolute Gasteiger partial charge is 0.383 e. The average molecular weight is 683 g/mol. The summed E-state index contributed by atoms with van der Waals surface area (Å²) in [6.45, 7) is 3.34. The SMILES string of the molecule is COC[C@H]1O[C@@H](n2cc(C)c(N)nc2=O)CC1OCc1cn(C[C@]23CO[C@@H](C2OP(=O)(O)OC)[C@H](n2cc(C)c(=O)[nH]c2=O)O3)nn1.